The van der Waals surface area contributed by atoms with Gasteiger partial charge < -0.3 is 14.9 Å². The molecule has 6 heteroatoms. The van der Waals surface area contributed by atoms with Gasteiger partial charge in [0.25, 0.3) is 0 Å². The van der Waals surface area contributed by atoms with Gasteiger partial charge in [-0.15, -0.1) is 6.58 Å². The third kappa shape index (κ3) is 56.6. The molecule has 0 amide bonds. The maximum atomic E-state index is 9.82. The molecule has 0 saturated heterocycles. The summed E-state index contributed by atoms with van der Waals surface area (Å²) in [7, 11) is 0. The first-order valence-corrected chi connectivity index (χ1v) is 4.63. The van der Waals surface area contributed by atoms with Crippen molar-refractivity contribution in [2.75, 3.05) is 6.61 Å². The van der Waals surface area contributed by atoms with Gasteiger partial charge >= 0.3 is 17.9 Å². The average molecular weight is 246 g/mol. The van der Waals surface area contributed by atoms with Crippen molar-refractivity contribution in [1.29, 1.82) is 0 Å². The van der Waals surface area contributed by atoms with Crippen LogP contribution in [0.2, 0.25) is 0 Å². The van der Waals surface area contributed by atoms with Crippen molar-refractivity contribution in [2.24, 2.45) is 0 Å². The summed E-state index contributed by atoms with van der Waals surface area (Å²) in [6, 6.07) is 0. The second kappa shape index (κ2) is 16.3. The van der Waals surface area contributed by atoms with Crippen LogP contribution in [0, 0.1) is 0 Å². The molecule has 0 aromatic carbocycles. The number of carboxylic acids is 2. The number of carboxylic acid groups (broad SMARTS) is 2. The van der Waals surface area contributed by atoms with E-state index in [2.05, 4.69) is 17.9 Å². The third-order valence-electron chi connectivity index (χ3n) is 0.841. The summed E-state index contributed by atoms with van der Waals surface area (Å²) in [5.41, 5.74) is 0. The second-order valence-corrected chi connectivity index (χ2v) is 2.35. The number of carbonyl (C=O) groups excluding carboxylic acids is 1. The quantitative estimate of drug-likeness (QED) is 0.442. The summed E-state index contributed by atoms with van der Waals surface area (Å²) in [4.78, 5) is 28.6. The maximum absolute atomic E-state index is 9.82. The minimum Gasteiger partial charge on any atom is -0.481 e. The van der Waals surface area contributed by atoms with E-state index in [1.807, 2.05) is 0 Å². The molecule has 0 radical (unpaired) electrons. The van der Waals surface area contributed by atoms with Crippen LogP contribution in [0.4, 0.5) is 0 Å². The molecule has 0 bridgehead atoms. The lowest BCUT2D eigenvalue weighted by Gasteiger charge is -1.89. The molecule has 17 heavy (non-hydrogen) atoms. The minimum absolute atomic E-state index is 0.0556. The Bertz CT molecular complexity index is 257. The lowest BCUT2D eigenvalue weighted by atomic mass is 10.4. The van der Waals surface area contributed by atoms with E-state index >= 15 is 0 Å². The van der Waals surface area contributed by atoms with E-state index in [0.717, 1.165) is 6.08 Å². The van der Waals surface area contributed by atoms with Crippen LogP contribution in [-0.4, -0.2) is 34.7 Å². The van der Waals surface area contributed by atoms with E-state index in [1.54, 1.807) is 6.92 Å². The summed E-state index contributed by atoms with van der Waals surface area (Å²) in [5.74, 6) is -2.02. The Hall–Kier alpha value is -2.11. The van der Waals surface area contributed by atoms with E-state index in [1.165, 1.54) is 13.0 Å². The van der Waals surface area contributed by atoms with Crippen LogP contribution in [0.25, 0.3) is 0 Å². The fraction of sp³-hybridized carbons (Fsp3) is 0.364. The molecule has 0 aliphatic carbocycles. The Morgan fingerprint density at radius 1 is 1.24 bits per heavy atom. The average Bonchev–Trinajstić information content (AvgIpc) is 2.19. The number of hydrogen-bond donors (Lipinski definition) is 2. The molecular weight excluding hydrogens is 228 g/mol. The van der Waals surface area contributed by atoms with E-state index in [4.69, 9.17) is 10.2 Å². The van der Waals surface area contributed by atoms with Crippen molar-refractivity contribution in [3.63, 3.8) is 0 Å². The van der Waals surface area contributed by atoms with Crippen molar-refractivity contribution in [1.82, 2.24) is 0 Å². The zero-order valence-electron chi connectivity index (χ0n) is 10.0. The molecule has 0 heterocycles. The van der Waals surface area contributed by atoms with Crippen LogP contribution < -0.4 is 0 Å². The van der Waals surface area contributed by atoms with E-state index in [-0.39, 0.29) is 12.4 Å². The Kier molecular flexibility index (Phi) is 19.5. The third-order valence-corrected chi connectivity index (χ3v) is 0.841. The SMILES string of the molecule is C=CC(=O)O.C=CCC(=O)O.CCOC(C)=O. The molecule has 0 saturated carbocycles. The number of carbonyl (C=O) groups is 3. The van der Waals surface area contributed by atoms with E-state index in [0.29, 0.717) is 6.61 Å². The van der Waals surface area contributed by atoms with Crippen LogP contribution >= 0.6 is 0 Å². The van der Waals surface area contributed by atoms with Crippen molar-refractivity contribution in [2.45, 2.75) is 20.3 Å². The highest BCUT2D eigenvalue weighted by Gasteiger charge is 1.84. The normalized spacial score (nSPS) is 7.18. The van der Waals surface area contributed by atoms with Gasteiger partial charge in [-0.1, -0.05) is 12.7 Å². The Labute approximate surface area is 100 Å². The fourth-order valence-corrected chi connectivity index (χ4v) is 0.327. The lowest BCUT2D eigenvalue weighted by Crippen LogP contribution is -1.95. The molecule has 0 aliphatic heterocycles. The number of ether oxygens (including phenoxy) is 1. The van der Waals surface area contributed by atoms with Gasteiger partial charge in [0.2, 0.25) is 0 Å². The molecule has 0 aliphatic rings. The molecule has 0 fully saturated rings. The van der Waals surface area contributed by atoms with Gasteiger partial charge in [0.05, 0.1) is 13.0 Å². The zero-order valence-corrected chi connectivity index (χ0v) is 10.0. The Morgan fingerprint density at radius 2 is 1.65 bits per heavy atom. The van der Waals surface area contributed by atoms with Gasteiger partial charge in [-0.3, -0.25) is 9.59 Å². The van der Waals surface area contributed by atoms with E-state index in [9.17, 15) is 14.4 Å². The van der Waals surface area contributed by atoms with Crippen molar-refractivity contribution in [3.05, 3.63) is 25.3 Å². The molecule has 0 aromatic rings. The van der Waals surface area contributed by atoms with Gasteiger partial charge in [0.15, 0.2) is 0 Å². The second-order valence-electron chi connectivity index (χ2n) is 2.35. The largest absolute Gasteiger partial charge is 0.481 e. The molecule has 2 N–H and O–H groups in total. The van der Waals surface area contributed by atoms with Crippen molar-refractivity contribution < 1.29 is 29.3 Å². The lowest BCUT2D eigenvalue weighted by molar-refractivity contribution is -0.140. The highest BCUT2D eigenvalue weighted by atomic mass is 16.5. The molecule has 0 aromatic heterocycles. The Balaban J connectivity index is -0.000000174. The molecule has 6 nitrogen and oxygen atoms in total. The number of rotatable bonds is 4. The molecule has 0 rings (SSSR count). The molecule has 98 valence electrons. The molecular formula is C11H18O6. The summed E-state index contributed by atoms with van der Waals surface area (Å²) < 4.78 is 4.40. The topological polar surface area (TPSA) is 101 Å². The van der Waals surface area contributed by atoms with Crippen LogP contribution in [0.5, 0.6) is 0 Å². The summed E-state index contributed by atoms with van der Waals surface area (Å²) >= 11 is 0. The Morgan fingerprint density at radius 3 is 1.65 bits per heavy atom. The number of esters is 1. The van der Waals surface area contributed by atoms with Gasteiger partial charge in [0, 0.05) is 13.0 Å². The summed E-state index contributed by atoms with van der Waals surface area (Å²) in [6.45, 7) is 9.83. The van der Waals surface area contributed by atoms with Gasteiger partial charge in [-0.25, -0.2) is 4.79 Å². The molecule has 0 atom stereocenters. The molecule has 0 unspecified atom stereocenters. The number of aliphatic carboxylic acids is 2. The highest BCUT2D eigenvalue weighted by Crippen LogP contribution is 1.74. The van der Waals surface area contributed by atoms with Crippen LogP contribution in [0.15, 0.2) is 25.3 Å². The molecule has 0 spiro atoms. The predicted molar refractivity (Wildman–Crippen MR) is 62.6 cm³/mol. The van der Waals surface area contributed by atoms with Gasteiger partial charge in [-0.05, 0) is 6.92 Å². The summed E-state index contributed by atoms with van der Waals surface area (Å²) in [5, 5.41) is 15.4. The summed E-state index contributed by atoms with van der Waals surface area (Å²) in [6.07, 6.45) is 2.24. The van der Waals surface area contributed by atoms with Crippen molar-refractivity contribution in [3.8, 4) is 0 Å². The number of hydrogen-bond acceptors (Lipinski definition) is 4. The predicted octanol–water partition coefficient (Wildman–Crippen LogP) is 1.47. The highest BCUT2D eigenvalue weighted by molar-refractivity contribution is 5.78. The first kappa shape index (κ1) is 20.3. The maximum Gasteiger partial charge on any atom is 0.327 e. The first-order valence-electron chi connectivity index (χ1n) is 4.63. The van der Waals surface area contributed by atoms with Crippen molar-refractivity contribution >= 4 is 17.9 Å². The van der Waals surface area contributed by atoms with Crippen LogP contribution in [-0.2, 0) is 19.1 Å². The smallest absolute Gasteiger partial charge is 0.327 e. The monoisotopic (exact) mass is 246 g/mol. The van der Waals surface area contributed by atoms with Crippen LogP contribution in [0.1, 0.15) is 20.3 Å². The van der Waals surface area contributed by atoms with Gasteiger partial charge in [0.1, 0.15) is 0 Å². The van der Waals surface area contributed by atoms with E-state index < -0.39 is 11.9 Å². The first-order chi connectivity index (χ1) is 7.81. The van der Waals surface area contributed by atoms with Gasteiger partial charge in [-0.2, -0.15) is 0 Å². The fourth-order valence-electron chi connectivity index (χ4n) is 0.327. The standard InChI is InChI=1S/C4H8O2.C4H6O2.C3H4O2/c1-3-6-4(2)5;1-2-3-4(5)6;1-2-3(4)5/h3H2,1-2H3;2H,1,3H2,(H,5,6);2H,1H2,(H,4,5). The minimum atomic E-state index is -0.981. The van der Waals surface area contributed by atoms with Crippen LogP contribution in [0.3, 0.4) is 0 Å². The zero-order chi connectivity index (χ0) is 14.3.